The van der Waals surface area contributed by atoms with Gasteiger partial charge in [0.1, 0.15) is 0 Å². The van der Waals surface area contributed by atoms with E-state index in [1.54, 1.807) is 0 Å². The Labute approximate surface area is 114 Å². The van der Waals surface area contributed by atoms with Crippen LogP contribution >= 0.6 is 11.6 Å². The van der Waals surface area contributed by atoms with Crippen molar-refractivity contribution in [2.45, 2.75) is 46.0 Å². The van der Waals surface area contributed by atoms with Crippen molar-refractivity contribution < 1.29 is 0 Å². The van der Waals surface area contributed by atoms with Gasteiger partial charge in [0.2, 0.25) is 17.2 Å². The van der Waals surface area contributed by atoms with Gasteiger partial charge in [-0.1, -0.05) is 32.6 Å². The van der Waals surface area contributed by atoms with Crippen LogP contribution in [0, 0.1) is 0 Å². The van der Waals surface area contributed by atoms with E-state index in [1.165, 1.54) is 25.7 Å². The van der Waals surface area contributed by atoms with Gasteiger partial charge in [-0.15, -0.1) is 0 Å². The maximum Gasteiger partial charge on any atom is 0.228 e. The Balaban J connectivity index is 2.32. The first kappa shape index (κ1) is 15.0. The summed E-state index contributed by atoms with van der Waals surface area (Å²) in [5.41, 5.74) is 0. The number of hydrogen-bond acceptors (Lipinski definition) is 5. The van der Waals surface area contributed by atoms with E-state index in [-0.39, 0.29) is 5.28 Å². The lowest BCUT2D eigenvalue weighted by atomic mass is 10.1. The Morgan fingerprint density at radius 3 is 2.22 bits per heavy atom. The summed E-state index contributed by atoms with van der Waals surface area (Å²) >= 11 is 5.82. The second-order valence-corrected chi connectivity index (χ2v) is 4.46. The molecule has 6 heteroatoms. The summed E-state index contributed by atoms with van der Waals surface area (Å²) in [5.74, 6) is 1.06. The molecule has 0 unspecified atom stereocenters. The third-order valence-electron chi connectivity index (χ3n) is 2.51. The zero-order valence-electron chi connectivity index (χ0n) is 11.2. The van der Waals surface area contributed by atoms with Crippen LogP contribution in [0.4, 0.5) is 11.9 Å². The zero-order chi connectivity index (χ0) is 13.2. The number of nitrogens with zero attached hydrogens (tertiary/aromatic N) is 3. The van der Waals surface area contributed by atoms with Crippen molar-refractivity contribution in [3.05, 3.63) is 5.28 Å². The number of unbranched alkanes of at least 4 members (excludes halogenated alkanes) is 4. The fraction of sp³-hybridized carbons (Fsp3) is 0.750. The maximum absolute atomic E-state index is 5.82. The predicted octanol–water partition coefficient (Wildman–Crippen LogP) is 3.34. The molecule has 18 heavy (non-hydrogen) atoms. The van der Waals surface area contributed by atoms with Crippen LogP contribution in [-0.4, -0.2) is 28.0 Å². The lowest BCUT2D eigenvalue weighted by Crippen LogP contribution is -2.09. The number of anilines is 2. The Morgan fingerprint density at radius 1 is 0.889 bits per heavy atom. The third-order valence-corrected chi connectivity index (χ3v) is 2.68. The van der Waals surface area contributed by atoms with E-state index in [0.717, 1.165) is 19.5 Å². The van der Waals surface area contributed by atoms with E-state index >= 15 is 0 Å². The molecule has 0 aliphatic rings. The highest BCUT2D eigenvalue weighted by Gasteiger charge is 2.03. The van der Waals surface area contributed by atoms with Gasteiger partial charge in [0, 0.05) is 13.1 Å². The van der Waals surface area contributed by atoms with E-state index in [9.17, 15) is 0 Å². The van der Waals surface area contributed by atoms with Crippen LogP contribution in [0.15, 0.2) is 0 Å². The molecule has 0 aliphatic carbocycles. The molecule has 0 radical (unpaired) electrons. The average Bonchev–Trinajstić information content (AvgIpc) is 2.33. The van der Waals surface area contributed by atoms with Crippen molar-refractivity contribution >= 4 is 23.5 Å². The molecule has 1 aromatic rings. The van der Waals surface area contributed by atoms with E-state index < -0.39 is 0 Å². The maximum atomic E-state index is 5.82. The molecule has 0 saturated heterocycles. The molecular formula is C12H22ClN5. The van der Waals surface area contributed by atoms with Gasteiger partial charge in [0.05, 0.1) is 0 Å². The molecule has 0 fully saturated rings. The minimum Gasteiger partial charge on any atom is -0.354 e. The van der Waals surface area contributed by atoms with Crippen molar-refractivity contribution in [3.63, 3.8) is 0 Å². The molecule has 0 saturated carbocycles. The number of aromatic nitrogens is 3. The molecule has 5 nitrogen and oxygen atoms in total. The Morgan fingerprint density at radius 2 is 1.56 bits per heavy atom. The van der Waals surface area contributed by atoms with Gasteiger partial charge in [-0.05, 0) is 24.9 Å². The summed E-state index contributed by atoms with van der Waals surface area (Å²) in [5, 5.41) is 6.41. The summed E-state index contributed by atoms with van der Waals surface area (Å²) in [4.78, 5) is 12.3. The van der Waals surface area contributed by atoms with E-state index in [1.807, 2.05) is 6.92 Å². The minimum absolute atomic E-state index is 0.217. The molecule has 0 bridgehead atoms. The second kappa shape index (κ2) is 8.91. The van der Waals surface area contributed by atoms with Gasteiger partial charge < -0.3 is 10.6 Å². The van der Waals surface area contributed by atoms with Gasteiger partial charge in [-0.2, -0.15) is 15.0 Å². The number of halogens is 1. The summed E-state index contributed by atoms with van der Waals surface area (Å²) in [6.07, 6.45) is 6.23. The molecular weight excluding hydrogens is 250 g/mol. The number of rotatable bonds is 9. The molecule has 0 atom stereocenters. The highest BCUT2D eigenvalue weighted by atomic mass is 35.5. The average molecular weight is 272 g/mol. The fourth-order valence-corrected chi connectivity index (χ4v) is 1.76. The van der Waals surface area contributed by atoms with Crippen molar-refractivity contribution in [2.24, 2.45) is 0 Å². The highest BCUT2D eigenvalue weighted by Crippen LogP contribution is 2.09. The zero-order valence-corrected chi connectivity index (χ0v) is 11.9. The van der Waals surface area contributed by atoms with Crippen LogP contribution < -0.4 is 10.6 Å². The van der Waals surface area contributed by atoms with Gasteiger partial charge in [0.25, 0.3) is 0 Å². The molecule has 1 rings (SSSR count). The van der Waals surface area contributed by atoms with Crippen LogP contribution in [0.25, 0.3) is 0 Å². The van der Waals surface area contributed by atoms with Crippen LogP contribution in [0.3, 0.4) is 0 Å². The quantitative estimate of drug-likeness (QED) is 0.675. The normalized spacial score (nSPS) is 10.4. The first-order chi connectivity index (χ1) is 8.76. The smallest absolute Gasteiger partial charge is 0.228 e. The molecule has 102 valence electrons. The van der Waals surface area contributed by atoms with Crippen molar-refractivity contribution in [1.82, 2.24) is 15.0 Å². The lowest BCUT2D eigenvalue weighted by Gasteiger charge is -2.07. The molecule has 1 aromatic heterocycles. The fourth-order valence-electron chi connectivity index (χ4n) is 1.60. The van der Waals surface area contributed by atoms with Crippen molar-refractivity contribution in [1.29, 1.82) is 0 Å². The molecule has 2 N–H and O–H groups in total. The topological polar surface area (TPSA) is 62.7 Å². The molecule has 0 aliphatic heterocycles. The third kappa shape index (κ3) is 6.00. The molecule has 0 aromatic carbocycles. The monoisotopic (exact) mass is 271 g/mol. The SMILES string of the molecule is CCCCCCCNc1nc(Cl)nc(NCC)n1. The molecule has 0 amide bonds. The van der Waals surface area contributed by atoms with Crippen LogP contribution in [-0.2, 0) is 0 Å². The standard InChI is InChI=1S/C12H22ClN5/c1-3-5-6-7-8-9-15-12-17-10(13)16-11(18-12)14-4-2/h3-9H2,1-2H3,(H2,14,15,16,17,18). The van der Waals surface area contributed by atoms with Gasteiger partial charge in [0.15, 0.2) is 0 Å². The Bertz CT molecular complexity index is 345. The summed E-state index contributed by atoms with van der Waals surface area (Å²) in [6.45, 7) is 5.83. The van der Waals surface area contributed by atoms with E-state index in [0.29, 0.717) is 11.9 Å². The largest absolute Gasteiger partial charge is 0.354 e. The summed E-state index contributed by atoms with van der Waals surface area (Å²) in [7, 11) is 0. The van der Waals surface area contributed by atoms with Crippen LogP contribution in [0.5, 0.6) is 0 Å². The van der Waals surface area contributed by atoms with Crippen molar-refractivity contribution in [3.8, 4) is 0 Å². The van der Waals surface area contributed by atoms with Gasteiger partial charge in [-0.25, -0.2) is 0 Å². The number of hydrogen-bond donors (Lipinski definition) is 2. The molecule has 1 heterocycles. The minimum atomic E-state index is 0.217. The Hall–Kier alpha value is -1.10. The van der Waals surface area contributed by atoms with Crippen molar-refractivity contribution in [2.75, 3.05) is 23.7 Å². The summed E-state index contributed by atoms with van der Waals surface area (Å²) in [6, 6.07) is 0. The molecule has 0 spiro atoms. The predicted molar refractivity (Wildman–Crippen MR) is 76.2 cm³/mol. The van der Waals surface area contributed by atoms with E-state index in [4.69, 9.17) is 11.6 Å². The summed E-state index contributed by atoms with van der Waals surface area (Å²) < 4.78 is 0. The highest BCUT2D eigenvalue weighted by molar-refractivity contribution is 6.28. The second-order valence-electron chi connectivity index (χ2n) is 4.12. The number of nitrogens with one attached hydrogen (secondary N) is 2. The van der Waals surface area contributed by atoms with Crippen LogP contribution in [0.1, 0.15) is 46.0 Å². The van der Waals surface area contributed by atoms with Gasteiger partial charge in [-0.3, -0.25) is 0 Å². The lowest BCUT2D eigenvalue weighted by molar-refractivity contribution is 0.644. The van der Waals surface area contributed by atoms with E-state index in [2.05, 4.69) is 32.5 Å². The van der Waals surface area contributed by atoms with Gasteiger partial charge >= 0.3 is 0 Å². The first-order valence-electron chi connectivity index (χ1n) is 6.65. The van der Waals surface area contributed by atoms with Crippen LogP contribution in [0.2, 0.25) is 5.28 Å². The first-order valence-corrected chi connectivity index (χ1v) is 7.03. The Kier molecular flexibility index (Phi) is 7.41.